The van der Waals surface area contributed by atoms with Crippen LogP contribution in [0.15, 0.2) is 42.6 Å². The summed E-state index contributed by atoms with van der Waals surface area (Å²) in [5, 5.41) is 14.9. The highest BCUT2D eigenvalue weighted by molar-refractivity contribution is 5.91. The SMILES string of the molecule is CN(Cc1ccn(C)n1)C(=O)/C=C/c1cccc([N+](=O)[O-])c1. The number of likely N-dealkylation sites (N-methyl/N-ethyl adjacent to an activating group) is 1. The van der Waals surface area contributed by atoms with E-state index >= 15 is 0 Å². The van der Waals surface area contributed by atoms with Crippen LogP contribution in [-0.2, 0) is 18.4 Å². The number of carbonyl (C=O) groups is 1. The molecule has 0 fully saturated rings. The van der Waals surface area contributed by atoms with E-state index in [1.165, 1.54) is 23.1 Å². The molecule has 0 bridgehead atoms. The Morgan fingerprint density at radius 1 is 1.45 bits per heavy atom. The molecular formula is C15H16N4O3. The minimum absolute atomic E-state index is 0.00330. The van der Waals surface area contributed by atoms with Crippen molar-refractivity contribution in [1.82, 2.24) is 14.7 Å². The van der Waals surface area contributed by atoms with E-state index in [1.54, 1.807) is 29.9 Å². The Labute approximate surface area is 127 Å². The average molecular weight is 300 g/mol. The summed E-state index contributed by atoms with van der Waals surface area (Å²) < 4.78 is 1.67. The molecule has 114 valence electrons. The molecule has 7 nitrogen and oxygen atoms in total. The zero-order valence-corrected chi connectivity index (χ0v) is 12.3. The Morgan fingerprint density at radius 3 is 2.86 bits per heavy atom. The molecule has 0 atom stereocenters. The van der Waals surface area contributed by atoms with Gasteiger partial charge in [-0.3, -0.25) is 19.6 Å². The second-order valence-electron chi connectivity index (χ2n) is 4.86. The molecule has 0 unspecified atom stereocenters. The van der Waals surface area contributed by atoms with Crippen molar-refractivity contribution in [3.63, 3.8) is 0 Å². The van der Waals surface area contributed by atoms with Gasteiger partial charge in [0.25, 0.3) is 5.69 Å². The molecule has 1 amide bonds. The number of non-ortho nitro benzene ring substituents is 1. The van der Waals surface area contributed by atoms with Crippen LogP contribution < -0.4 is 0 Å². The van der Waals surface area contributed by atoms with Crippen molar-refractivity contribution in [1.29, 1.82) is 0 Å². The first-order valence-electron chi connectivity index (χ1n) is 6.62. The Kier molecular flexibility index (Phi) is 4.67. The standard InChI is InChI=1S/C15H16N4O3/c1-17(11-13-8-9-18(2)16-13)15(20)7-6-12-4-3-5-14(10-12)19(21)22/h3-10H,11H2,1-2H3/b7-6+. The lowest BCUT2D eigenvalue weighted by atomic mass is 10.2. The fourth-order valence-corrected chi connectivity index (χ4v) is 1.91. The molecule has 0 saturated carbocycles. The van der Waals surface area contributed by atoms with Crippen LogP contribution in [0, 0.1) is 10.1 Å². The molecule has 0 N–H and O–H groups in total. The van der Waals surface area contributed by atoms with E-state index < -0.39 is 4.92 Å². The summed E-state index contributed by atoms with van der Waals surface area (Å²) in [6.07, 6.45) is 4.76. The average Bonchev–Trinajstić information content (AvgIpc) is 2.90. The summed E-state index contributed by atoms with van der Waals surface area (Å²) in [5.74, 6) is -0.197. The first-order valence-corrected chi connectivity index (χ1v) is 6.62. The van der Waals surface area contributed by atoms with Crippen molar-refractivity contribution in [3.05, 3.63) is 64.0 Å². The summed E-state index contributed by atoms with van der Waals surface area (Å²) >= 11 is 0. The summed E-state index contributed by atoms with van der Waals surface area (Å²) in [5.41, 5.74) is 1.40. The predicted molar refractivity (Wildman–Crippen MR) is 81.8 cm³/mol. The number of rotatable bonds is 5. The van der Waals surface area contributed by atoms with Crippen molar-refractivity contribution >= 4 is 17.7 Å². The molecule has 0 aliphatic carbocycles. The van der Waals surface area contributed by atoms with E-state index in [4.69, 9.17) is 0 Å². The molecule has 1 heterocycles. The minimum atomic E-state index is -0.466. The third-order valence-corrected chi connectivity index (χ3v) is 3.04. The van der Waals surface area contributed by atoms with Crippen LogP contribution in [0.25, 0.3) is 6.08 Å². The second-order valence-corrected chi connectivity index (χ2v) is 4.86. The molecule has 7 heteroatoms. The van der Waals surface area contributed by atoms with Gasteiger partial charge in [-0.15, -0.1) is 0 Å². The molecule has 0 aliphatic heterocycles. The summed E-state index contributed by atoms with van der Waals surface area (Å²) in [6, 6.07) is 7.96. The van der Waals surface area contributed by atoms with Crippen molar-refractivity contribution in [2.75, 3.05) is 7.05 Å². The van der Waals surface area contributed by atoms with Gasteiger partial charge in [0.15, 0.2) is 0 Å². The predicted octanol–water partition coefficient (Wildman–Crippen LogP) is 2.00. The second kappa shape index (κ2) is 6.66. The summed E-state index contributed by atoms with van der Waals surface area (Å²) in [6.45, 7) is 0.402. The first kappa shape index (κ1) is 15.4. The smallest absolute Gasteiger partial charge is 0.270 e. The zero-order chi connectivity index (χ0) is 16.1. The van der Waals surface area contributed by atoms with Crippen LogP contribution in [0.5, 0.6) is 0 Å². The van der Waals surface area contributed by atoms with Crippen LogP contribution >= 0.6 is 0 Å². The van der Waals surface area contributed by atoms with Gasteiger partial charge in [0.1, 0.15) is 0 Å². The van der Waals surface area contributed by atoms with E-state index in [-0.39, 0.29) is 11.6 Å². The van der Waals surface area contributed by atoms with Gasteiger partial charge < -0.3 is 4.90 Å². The number of aromatic nitrogens is 2. The molecule has 1 aromatic carbocycles. The van der Waals surface area contributed by atoms with Gasteiger partial charge in [0.05, 0.1) is 17.2 Å². The van der Waals surface area contributed by atoms with Gasteiger partial charge in [-0.25, -0.2) is 0 Å². The first-order chi connectivity index (χ1) is 10.5. The van der Waals surface area contributed by atoms with E-state index in [0.717, 1.165) is 5.69 Å². The third kappa shape index (κ3) is 4.02. The van der Waals surface area contributed by atoms with E-state index in [0.29, 0.717) is 12.1 Å². The third-order valence-electron chi connectivity index (χ3n) is 3.04. The van der Waals surface area contributed by atoms with E-state index in [2.05, 4.69) is 5.10 Å². The quantitative estimate of drug-likeness (QED) is 0.480. The number of aryl methyl sites for hydroxylation is 1. The topological polar surface area (TPSA) is 81.3 Å². The van der Waals surface area contributed by atoms with Gasteiger partial charge >= 0.3 is 0 Å². The lowest BCUT2D eigenvalue weighted by Gasteiger charge is -2.13. The number of carbonyl (C=O) groups excluding carboxylic acids is 1. The molecule has 2 aromatic rings. The molecule has 22 heavy (non-hydrogen) atoms. The fraction of sp³-hybridized carbons (Fsp3) is 0.200. The highest BCUT2D eigenvalue weighted by Crippen LogP contribution is 2.14. The number of amides is 1. The van der Waals surface area contributed by atoms with Gasteiger partial charge in [0.2, 0.25) is 5.91 Å². The number of nitrogens with zero attached hydrogens (tertiary/aromatic N) is 4. The Hall–Kier alpha value is -2.96. The lowest BCUT2D eigenvalue weighted by molar-refractivity contribution is -0.384. The maximum Gasteiger partial charge on any atom is 0.270 e. The monoisotopic (exact) mass is 300 g/mol. The normalized spacial score (nSPS) is 10.8. The van der Waals surface area contributed by atoms with Gasteiger partial charge in [-0.05, 0) is 17.7 Å². The Balaban J connectivity index is 2.01. The highest BCUT2D eigenvalue weighted by atomic mass is 16.6. The van der Waals surface area contributed by atoms with E-state index in [1.807, 2.05) is 19.3 Å². The maximum atomic E-state index is 12.0. The lowest BCUT2D eigenvalue weighted by Crippen LogP contribution is -2.24. The van der Waals surface area contributed by atoms with Crippen LogP contribution in [0.3, 0.4) is 0 Å². The number of benzene rings is 1. The molecule has 1 aromatic heterocycles. The molecular weight excluding hydrogens is 284 g/mol. The van der Waals surface area contributed by atoms with E-state index in [9.17, 15) is 14.9 Å². The molecule has 0 radical (unpaired) electrons. The number of nitro groups is 1. The fourth-order valence-electron chi connectivity index (χ4n) is 1.91. The molecule has 0 aliphatic rings. The van der Waals surface area contributed by atoms with Crippen molar-refractivity contribution < 1.29 is 9.72 Å². The molecule has 2 rings (SSSR count). The van der Waals surface area contributed by atoms with Crippen molar-refractivity contribution in [3.8, 4) is 0 Å². The molecule has 0 saturated heterocycles. The number of nitro benzene ring substituents is 1. The van der Waals surface area contributed by atoms with Crippen molar-refractivity contribution in [2.45, 2.75) is 6.54 Å². The van der Waals surface area contributed by atoms with Crippen LogP contribution in [-0.4, -0.2) is 32.6 Å². The Morgan fingerprint density at radius 2 is 2.23 bits per heavy atom. The minimum Gasteiger partial charge on any atom is -0.336 e. The van der Waals surface area contributed by atoms with Crippen LogP contribution in [0.2, 0.25) is 0 Å². The van der Waals surface area contributed by atoms with Gasteiger partial charge in [-0.1, -0.05) is 12.1 Å². The zero-order valence-electron chi connectivity index (χ0n) is 12.3. The molecule has 0 spiro atoms. The number of hydrogen-bond donors (Lipinski definition) is 0. The van der Waals surface area contributed by atoms with Crippen LogP contribution in [0.4, 0.5) is 5.69 Å². The summed E-state index contributed by atoms with van der Waals surface area (Å²) in [4.78, 5) is 23.8. The maximum absolute atomic E-state index is 12.0. The van der Waals surface area contributed by atoms with Crippen molar-refractivity contribution in [2.24, 2.45) is 7.05 Å². The van der Waals surface area contributed by atoms with Crippen LogP contribution in [0.1, 0.15) is 11.3 Å². The Bertz CT molecular complexity index is 721. The van der Waals surface area contributed by atoms with Gasteiger partial charge in [-0.2, -0.15) is 5.10 Å². The highest BCUT2D eigenvalue weighted by Gasteiger charge is 2.08. The largest absolute Gasteiger partial charge is 0.336 e. The van der Waals surface area contributed by atoms with Gasteiger partial charge in [0, 0.05) is 38.5 Å². The number of hydrogen-bond acceptors (Lipinski definition) is 4. The summed E-state index contributed by atoms with van der Waals surface area (Å²) in [7, 11) is 3.49.